The molecule has 0 aliphatic carbocycles. The molecular weight excluding hydrogens is 275 g/mol. The number of methoxy groups -OCH3 is 1. The molecule has 6 heteroatoms. The Hall–Kier alpha value is -2.08. The molecule has 1 aromatic carbocycles. The fraction of sp³-hybridized carbons (Fsp3) is 0.400. The van der Waals surface area contributed by atoms with Gasteiger partial charge in [0.25, 0.3) is 0 Å². The summed E-state index contributed by atoms with van der Waals surface area (Å²) in [4.78, 5) is 13.7. The van der Waals surface area contributed by atoms with Gasteiger partial charge in [-0.1, -0.05) is 13.8 Å². The van der Waals surface area contributed by atoms with Crippen LogP contribution in [0.4, 0.5) is 4.39 Å². The monoisotopic (exact) mass is 296 g/mol. The Bertz CT molecular complexity index is 637. The lowest BCUT2D eigenvalue weighted by atomic mass is 10.0. The topological polar surface area (TPSA) is 88.3 Å². The van der Waals surface area contributed by atoms with Crippen LogP contribution in [0.5, 0.6) is 5.75 Å². The molecule has 0 fully saturated rings. The molecular formula is C15H21FN2O3. The lowest BCUT2D eigenvalue weighted by molar-refractivity contribution is -0.138. The quantitative estimate of drug-likeness (QED) is 0.809. The van der Waals surface area contributed by atoms with Gasteiger partial charge in [-0.3, -0.25) is 4.79 Å². The third-order valence-corrected chi connectivity index (χ3v) is 3.18. The first kappa shape index (κ1) is 17.0. The molecule has 116 valence electrons. The number of ether oxygens (including phenoxy) is 1. The molecule has 21 heavy (non-hydrogen) atoms. The maximum Gasteiger partial charge on any atom is 0.320 e. The summed E-state index contributed by atoms with van der Waals surface area (Å²) in [7, 11) is 1.39. The Balaban J connectivity index is 0.00000106. The second-order valence-electron chi connectivity index (χ2n) is 4.40. The highest BCUT2D eigenvalue weighted by atomic mass is 19.1. The fourth-order valence-electron chi connectivity index (χ4n) is 2.08. The van der Waals surface area contributed by atoms with E-state index in [1.165, 1.54) is 7.11 Å². The summed E-state index contributed by atoms with van der Waals surface area (Å²) in [6, 6.07) is 0.563. The van der Waals surface area contributed by atoms with Crippen LogP contribution in [-0.2, 0) is 11.2 Å². The number of carbonyl (C=O) groups is 1. The van der Waals surface area contributed by atoms with Crippen LogP contribution in [0.1, 0.15) is 25.0 Å². The van der Waals surface area contributed by atoms with E-state index < -0.39 is 17.8 Å². The van der Waals surface area contributed by atoms with Crippen LogP contribution in [0.2, 0.25) is 0 Å². The average Bonchev–Trinajstić information content (AvgIpc) is 2.87. The van der Waals surface area contributed by atoms with Gasteiger partial charge in [0, 0.05) is 23.6 Å². The molecule has 0 bridgehead atoms. The molecule has 0 amide bonds. The molecule has 1 unspecified atom stereocenters. The van der Waals surface area contributed by atoms with Gasteiger partial charge in [0.05, 0.1) is 12.6 Å². The van der Waals surface area contributed by atoms with Crippen LogP contribution in [0.25, 0.3) is 10.9 Å². The number of hydrogen-bond acceptors (Lipinski definition) is 3. The van der Waals surface area contributed by atoms with Gasteiger partial charge in [0.1, 0.15) is 6.04 Å². The third kappa shape index (κ3) is 3.33. The van der Waals surface area contributed by atoms with Crippen molar-refractivity contribution in [2.45, 2.75) is 33.2 Å². The molecule has 1 aromatic heterocycles. The highest BCUT2D eigenvalue weighted by Crippen LogP contribution is 2.31. The number of carboxylic acids is 1. The zero-order valence-electron chi connectivity index (χ0n) is 12.7. The van der Waals surface area contributed by atoms with Gasteiger partial charge < -0.3 is 20.6 Å². The minimum atomic E-state index is -1.07. The molecule has 4 N–H and O–H groups in total. The maximum atomic E-state index is 13.9. The Morgan fingerprint density at radius 1 is 1.52 bits per heavy atom. The molecule has 2 rings (SSSR count). The van der Waals surface area contributed by atoms with Crippen molar-refractivity contribution in [2.75, 3.05) is 7.11 Å². The van der Waals surface area contributed by atoms with Crippen molar-refractivity contribution in [1.82, 2.24) is 4.98 Å². The maximum absolute atomic E-state index is 13.9. The number of aryl methyl sites for hydroxylation is 1. The van der Waals surface area contributed by atoms with Crippen LogP contribution >= 0.6 is 0 Å². The predicted octanol–water partition coefficient (Wildman–Crippen LogP) is 2.60. The lowest BCUT2D eigenvalue weighted by Gasteiger charge is -2.08. The standard InChI is InChI=1S/C13H15FN2O3.C2H6/c1-6-11(14)10(19-2)4-8-7(5-16-12(6)8)3-9(15)13(17)18;1-2/h4-5,9,16H,3,15H2,1-2H3,(H,17,18);1-2H3. The van der Waals surface area contributed by atoms with Crippen molar-refractivity contribution in [1.29, 1.82) is 0 Å². The van der Waals surface area contributed by atoms with Gasteiger partial charge in [-0.15, -0.1) is 0 Å². The third-order valence-electron chi connectivity index (χ3n) is 3.18. The van der Waals surface area contributed by atoms with E-state index in [2.05, 4.69) is 4.98 Å². The van der Waals surface area contributed by atoms with Gasteiger partial charge in [-0.05, 0) is 18.6 Å². The average molecular weight is 296 g/mol. The Kier molecular flexibility index (Phi) is 5.72. The lowest BCUT2D eigenvalue weighted by Crippen LogP contribution is -2.32. The van der Waals surface area contributed by atoms with E-state index in [0.29, 0.717) is 11.1 Å². The number of aliphatic carboxylic acids is 1. The molecule has 1 atom stereocenters. The first-order valence-corrected chi connectivity index (χ1v) is 6.77. The van der Waals surface area contributed by atoms with Crippen molar-refractivity contribution >= 4 is 16.9 Å². The number of aromatic nitrogens is 1. The number of aromatic amines is 1. The van der Waals surface area contributed by atoms with Crippen LogP contribution in [0.15, 0.2) is 12.3 Å². The molecule has 0 aliphatic heterocycles. The van der Waals surface area contributed by atoms with Crippen LogP contribution in [-0.4, -0.2) is 29.2 Å². The summed E-state index contributed by atoms with van der Waals surface area (Å²) < 4.78 is 18.8. The number of H-pyrrole nitrogens is 1. The van der Waals surface area contributed by atoms with Crippen LogP contribution < -0.4 is 10.5 Å². The van der Waals surface area contributed by atoms with E-state index in [-0.39, 0.29) is 12.2 Å². The highest BCUT2D eigenvalue weighted by Gasteiger charge is 2.18. The van der Waals surface area contributed by atoms with Gasteiger partial charge in [-0.2, -0.15) is 0 Å². The molecule has 1 heterocycles. The van der Waals surface area contributed by atoms with Crippen molar-refractivity contribution in [3.63, 3.8) is 0 Å². The van der Waals surface area contributed by atoms with Crippen LogP contribution in [0, 0.1) is 12.7 Å². The number of nitrogens with one attached hydrogen (secondary N) is 1. The summed E-state index contributed by atoms with van der Waals surface area (Å²) in [5.41, 5.74) is 7.31. The van der Waals surface area contributed by atoms with Gasteiger partial charge in [-0.25, -0.2) is 4.39 Å². The van der Waals surface area contributed by atoms with Gasteiger partial charge in [0.2, 0.25) is 0 Å². The second-order valence-corrected chi connectivity index (χ2v) is 4.40. The fourth-order valence-corrected chi connectivity index (χ4v) is 2.08. The van der Waals surface area contributed by atoms with E-state index in [4.69, 9.17) is 15.6 Å². The first-order valence-electron chi connectivity index (χ1n) is 6.77. The van der Waals surface area contributed by atoms with Gasteiger partial charge in [0.15, 0.2) is 11.6 Å². The Labute approximate surface area is 122 Å². The predicted molar refractivity (Wildman–Crippen MR) is 80.2 cm³/mol. The van der Waals surface area contributed by atoms with Crippen LogP contribution in [0.3, 0.4) is 0 Å². The number of benzene rings is 1. The van der Waals surface area contributed by atoms with E-state index in [9.17, 15) is 9.18 Å². The number of rotatable bonds is 4. The number of nitrogens with two attached hydrogens (primary N) is 1. The summed E-state index contributed by atoms with van der Waals surface area (Å²) in [6.45, 7) is 5.64. The number of fused-ring (bicyclic) bond motifs is 1. The van der Waals surface area contributed by atoms with Crippen molar-refractivity contribution in [2.24, 2.45) is 5.73 Å². The van der Waals surface area contributed by atoms with Crippen molar-refractivity contribution in [3.8, 4) is 5.75 Å². The van der Waals surface area contributed by atoms with E-state index >= 15 is 0 Å². The molecule has 2 aromatic rings. The van der Waals surface area contributed by atoms with E-state index in [1.54, 1.807) is 19.2 Å². The molecule has 0 saturated heterocycles. The normalized spacial score (nSPS) is 11.7. The highest BCUT2D eigenvalue weighted by molar-refractivity contribution is 5.88. The van der Waals surface area contributed by atoms with Crippen molar-refractivity contribution < 1.29 is 19.0 Å². The minimum absolute atomic E-state index is 0.134. The minimum Gasteiger partial charge on any atom is -0.494 e. The summed E-state index contributed by atoms with van der Waals surface area (Å²) in [6.07, 6.45) is 1.82. The molecule has 0 saturated carbocycles. The van der Waals surface area contributed by atoms with E-state index in [0.717, 1.165) is 10.9 Å². The molecule has 0 spiro atoms. The smallest absolute Gasteiger partial charge is 0.320 e. The molecule has 0 radical (unpaired) electrons. The Morgan fingerprint density at radius 2 is 2.14 bits per heavy atom. The van der Waals surface area contributed by atoms with Gasteiger partial charge >= 0.3 is 5.97 Å². The van der Waals surface area contributed by atoms with Crippen molar-refractivity contribution in [3.05, 3.63) is 29.2 Å². The summed E-state index contributed by atoms with van der Waals surface area (Å²) in [5.74, 6) is -1.36. The Morgan fingerprint density at radius 3 is 2.67 bits per heavy atom. The number of carboxylic acid groups (broad SMARTS) is 1. The zero-order valence-corrected chi connectivity index (χ0v) is 12.7. The number of hydrogen-bond donors (Lipinski definition) is 3. The largest absolute Gasteiger partial charge is 0.494 e. The SMILES string of the molecule is CC.COc1cc2c(CC(N)C(=O)O)c[nH]c2c(C)c1F. The zero-order chi connectivity index (χ0) is 16.2. The second kappa shape index (κ2) is 7.08. The number of halogens is 1. The molecule has 0 aliphatic rings. The summed E-state index contributed by atoms with van der Waals surface area (Å²) >= 11 is 0. The summed E-state index contributed by atoms with van der Waals surface area (Å²) in [5, 5.41) is 9.56. The van der Waals surface area contributed by atoms with E-state index in [1.807, 2.05) is 13.8 Å². The first-order chi connectivity index (χ1) is 9.95. The molecule has 5 nitrogen and oxygen atoms in total.